The highest BCUT2D eigenvalue weighted by Gasteiger charge is 2.34. The second-order valence-corrected chi connectivity index (χ2v) is 10.8. The first kappa shape index (κ1) is 21.8. The number of benzene rings is 2. The predicted octanol–water partition coefficient (Wildman–Crippen LogP) is 2.62. The lowest BCUT2D eigenvalue weighted by atomic mass is 10.1. The molecule has 31 heavy (non-hydrogen) atoms. The second kappa shape index (κ2) is 9.37. The Balaban J connectivity index is 1.50. The van der Waals surface area contributed by atoms with E-state index in [9.17, 15) is 13.2 Å². The largest absolute Gasteiger partial charge is 0.334 e. The first-order valence-corrected chi connectivity index (χ1v) is 12.8. The summed E-state index contributed by atoms with van der Waals surface area (Å²) in [5.74, 6) is 0.0357. The van der Waals surface area contributed by atoms with E-state index in [0.29, 0.717) is 28.8 Å². The second-order valence-electron chi connectivity index (χ2n) is 7.21. The number of carbonyl (C=O) groups is 1. The van der Waals surface area contributed by atoms with Gasteiger partial charge in [0.15, 0.2) is 9.84 Å². The van der Waals surface area contributed by atoms with Gasteiger partial charge in [-0.2, -0.15) is 4.68 Å². The van der Waals surface area contributed by atoms with Crippen molar-refractivity contribution in [1.82, 2.24) is 25.1 Å². The number of sulfone groups is 1. The molecule has 8 nitrogen and oxygen atoms in total. The van der Waals surface area contributed by atoms with E-state index in [2.05, 4.69) is 15.5 Å². The number of hydrogen-bond donors (Lipinski definition) is 0. The number of hydrogen-bond acceptors (Lipinski definition) is 7. The van der Waals surface area contributed by atoms with Crippen LogP contribution in [-0.2, 0) is 21.2 Å². The van der Waals surface area contributed by atoms with Crippen molar-refractivity contribution in [1.29, 1.82) is 0 Å². The Labute approximate surface area is 189 Å². The van der Waals surface area contributed by atoms with Gasteiger partial charge in [-0.3, -0.25) is 4.79 Å². The number of rotatable bonds is 7. The van der Waals surface area contributed by atoms with Crippen molar-refractivity contribution < 1.29 is 13.2 Å². The molecular formula is C20H20ClN5O3S2. The molecule has 1 aliphatic heterocycles. The van der Waals surface area contributed by atoms with E-state index in [0.717, 1.165) is 5.56 Å². The monoisotopic (exact) mass is 477 g/mol. The Bertz CT molecular complexity index is 1170. The van der Waals surface area contributed by atoms with Crippen molar-refractivity contribution in [2.45, 2.75) is 24.2 Å². The number of thioether (sulfide) groups is 1. The zero-order valence-electron chi connectivity index (χ0n) is 16.5. The minimum Gasteiger partial charge on any atom is -0.334 e. The average Bonchev–Trinajstić information content (AvgIpc) is 3.37. The molecule has 3 aromatic rings. The summed E-state index contributed by atoms with van der Waals surface area (Å²) in [5.41, 5.74) is 1.64. The van der Waals surface area contributed by atoms with Crippen LogP contribution >= 0.6 is 23.4 Å². The Morgan fingerprint density at radius 1 is 1.19 bits per heavy atom. The number of amides is 1. The van der Waals surface area contributed by atoms with Crippen LogP contribution in [0.2, 0.25) is 5.02 Å². The molecule has 1 saturated heterocycles. The third-order valence-corrected chi connectivity index (χ3v) is 7.87. The van der Waals surface area contributed by atoms with Crippen molar-refractivity contribution in [3.8, 4) is 5.69 Å². The van der Waals surface area contributed by atoms with Crippen LogP contribution in [0.15, 0.2) is 59.8 Å². The fraction of sp³-hybridized carbons (Fsp3) is 0.300. The molecule has 162 valence electrons. The topological polar surface area (TPSA) is 98.1 Å². The van der Waals surface area contributed by atoms with Crippen molar-refractivity contribution in [3.05, 3.63) is 65.2 Å². The van der Waals surface area contributed by atoms with Gasteiger partial charge in [-0.05, 0) is 40.6 Å². The van der Waals surface area contributed by atoms with E-state index < -0.39 is 9.84 Å². The molecule has 0 N–H and O–H groups in total. The number of tetrazole rings is 1. The molecule has 1 aromatic heterocycles. The Hall–Kier alpha value is -2.43. The van der Waals surface area contributed by atoms with Gasteiger partial charge in [-0.1, -0.05) is 59.8 Å². The lowest BCUT2D eigenvalue weighted by Gasteiger charge is -2.28. The Morgan fingerprint density at radius 2 is 2.00 bits per heavy atom. The first-order chi connectivity index (χ1) is 14.9. The number of aromatic nitrogens is 4. The van der Waals surface area contributed by atoms with E-state index in [4.69, 9.17) is 11.6 Å². The molecule has 4 rings (SSSR count). The maximum atomic E-state index is 13.2. The van der Waals surface area contributed by atoms with Gasteiger partial charge in [0.25, 0.3) is 0 Å². The molecule has 11 heteroatoms. The third-order valence-electron chi connectivity index (χ3n) is 4.98. The fourth-order valence-electron chi connectivity index (χ4n) is 3.47. The number of halogens is 1. The molecular weight excluding hydrogens is 458 g/mol. The quantitative estimate of drug-likeness (QED) is 0.482. The normalized spacial score (nSPS) is 17.5. The molecule has 1 unspecified atom stereocenters. The minimum atomic E-state index is -3.12. The molecule has 1 amide bonds. The molecule has 0 bridgehead atoms. The molecule has 1 fully saturated rings. The summed E-state index contributed by atoms with van der Waals surface area (Å²) < 4.78 is 25.5. The average molecular weight is 478 g/mol. The molecule has 0 aliphatic carbocycles. The summed E-state index contributed by atoms with van der Waals surface area (Å²) in [7, 11) is -3.12. The molecule has 2 aromatic carbocycles. The van der Waals surface area contributed by atoms with Crippen LogP contribution < -0.4 is 0 Å². The lowest BCUT2D eigenvalue weighted by Crippen LogP contribution is -2.41. The summed E-state index contributed by atoms with van der Waals surface area (Å²) in [6.45, 7) is 0.361. The number of nitrogens with zero attached hydrogens (tertiary/aromatic N) is 5. The summed E-state index contributed by atoms with van der Waals surface area (Å²) >= 11 is 7.26. The minimum absolute atomic E-state index is 0.00348. The molecule has 0 radical (unpaired) electrons. The van der Waals surface area contributed by atoms with Crippen LogP contribution in [0.4, 0.5) is 0 Å². The van der Waals surface area contributed by atoms with E-state index in [1.54, 1.807) is 23.1 Å². The van der Waals surface area contributed by atoms with Gasteiger partial charge in [0.2, 0.25) is 11.1 Å². The van der Waals surface area contributed by atoms with Gasteiger partial charge >= 0.3 is 0 Å². The van der Waals surface area contributed by atoms with E-state index >= 15 is 0 Å². The van der Waals surface area contributed by atoms with E-state index in [1.807, 2.05) is 36.4 Å². The van der Waals surface area contributed by atoms with Gasteiger partial charge in [-0.25, -0.2) is 8.42 Å². The molecule has 0 saturated carbocycles. The van der Waals surface area contributed by atoms with Gasteiger partial charge in [-0.15, -0.1) is 5.10 Å². The summed E-state index contributed by atoms with van der Waals surface area (Å²) in [6, 6.07) is 16.3. The highest BCUT2D eigenvalue weighted by atomic mass is 35.5. The van der Waals surface area contributed by atoms with Crippen molar-refractivity contribution in [2.24, 2.45) is 0 Å². The maximum absolute atomic E-state index is 13.2. The SMILES string of the molecule is O=C(CSc1nnnn1-c1cccc(Cl)c1)N(Cc1ccccc1)C1CCS(=O)(=O)C1. The van der Waals surface area contributed by atoms with Gasteiger partial charge in [0.1, 0.15) is 0 Å². The standard InChI is InChI=1S/C20H20ClN5O3S2/c21-16-7-4-8-17(11-16)26-20(22-23-24-26)30-13-19(27)25(12-15-5-2-1-3-6-15)18-9-10-31(28,29)14-18/h1-8,11,18H,9-10,12-14H2. The fourth-order valence-corrected chi connectivity index (χ4v) is 6.16. The Kier molecular flexibility index (Phi) is 6.59. The molecule has 0 spiro atoms. The summed E-state index contributed by atoms with van der Waals surface area (Å²) in [6.07, 6.45) is 0.450. The molecule has 1 aliphatic rings. The zero-order chi connectivity index (χ0) is 21.8. The molecule has 2 heterocycles. The van der Waals surface area contributed by atoms with Crippen LogP contribution in [0, 0.1) is 0 Å². The zero-order valence-corrected chi connectivity index (χ0v) is 18.9. The van der Waals surface area contributed by atoms with Crippen molar-refractivity contribution in [2.75, 3.05) is 17.3 Å². The highest BCUT2D eigenvalue weighted by molar-refractivity contribution is 7.99. The highest BCUT2D eigenvalue weighted by Crippen LogP contribution is 2.24. The van der Waals surface area contributed by atoms with Crippen LogP contribution in [0.3, 0.4) is 0 Å². The van der Waals surface area contributed by atoms with Gasteiger partial charge < -0.3 is 4.90 Å². The van der Waals surface area contributed by atoms with Crippen LogP contribution in [0.25, 0.3) is 5.69 Å². The summed E-state index contributed by atoms with van der Waals surface area (Å²) in [5, 5.41) is 12.7. The third kappa shape index (κ3) is 5.44. The van der Waals surface area contributed by atoms with Crippen LogP contribution in [0.5, 0.6) is 0 Å². The van der Waals surface area contributed by atoms with E-state index in [-0.39, 0.29) is 29.2 Å². The molecule has 1 atom stereocenters. The first-order valence-electron chi connectivity index (χ1n) is 9.62. The van der Waals surface area contributed by atoms with Gasteiger partial charge in [0.05, 0.1) is 22.9 Å². The van der Waals surface area contributed by atoms with Crippen LogP contribution in [-0.4, -0.2) is 62.7 Å². The summed E-state index contributed by atoms with van der Waals surface area (Å²) in [4.78, 5) is 14.8. The smallest absolute Gasteiger partial charge is 0.233 e. The number of carbonyl (C=O) groups excluding carboxylic acids is 1. The Morgan fingerprint density at radius 3 is 2.71 bits per heavy atom. The predicted molar refractivity (Wildman–Crippen MR) is 119 cm³/mol. The van der Waals surface area contributed by atoms with Crippen LogP contribution in [0.1, 0.15) is 12.0 Å². The van der Waals surface area contributed by atoms with Gasteiger partial charge in [0, 0.05) is 17.6 Å². The van der Waals surface area contributed by atoms with E-state index in [1.165, 1.54) is 16.4 Å². The van der Waals surface area contributed by atoms with Crippen molar-refractivity contribution >= 4 is 39.1 Å². The lowest BCUT2D eigenvalue weighted by molar-refractivity contribution is -0.130. The maximum Gasteiger partial charge on any atom is 0.233 e. The van der Waals surface area contributed by atoms with Crippen molar-refractivity contribution in [3.63, 3.8) is 0 Å².